The number of carbonyl (C=O) groups is 1. The molecular formula is C10H16N2O. The summed E-state index contributed by atoms with van der Waals surface area (Å²) in [6, 6.07) is 1.23. The number of likely N-dealkylation sites (tertiary alicyclic amines) is 2. The lowest BCUT2D eigenvalue weighted by Gasteiger charge is -2.31. The van der Waals surface area contributed by atoms with Crippen LogP contribution in [0.5, 0.6) is 0 Å². The van der Waals surface area contributed by atoms with Gasteiger partial charge in [-0.1, -0.05) is 0 Å². The fourth-order valence-corrected chi connectivity index (χ4v) is 2.76. The van der Waals surface area contributed by atoms with Gasteiger partial charge in [0.25, 0.3) is 0 Å². The molecule has 0 aromatic carbocycles. The molecule has 2 unspecified atom stereocenters. The second-order valence-corrected chi connectivity index (χ2v) is 4.74. The number of fused-ring (bicyclic) bond motifs is 2. The molecule has 0 N–H and O–H groups in total. The van der Waals surface area contributed by atoms with Crippen LogP contribution in [0.2, 0.25) is 0 Å². The number of rotatable bonds is 3. The molecule has 72 valence electrons. The minimum atomic E-state index is 0.543. The highest BCUT2D eigenvalue weighted by Gasteiger charge is 2.43. The average molecular weight is 180 g/mol. The smallest absolute Gasteiger partial charge is 0.210 e. The van der Waals surface area contributed by atoms with E-state index in [1.165, 1.54) is 25.8 Å². The van der Waals surface area contributed by atoms with Gasteiger partial charge in [-0.15, -0.1) is 0 Å². The van der Waals surface area contributed by atoms with Crippen molar-refractivity contribution in [2.24, 2.45) is 5.92 Å². The lowest BCUT2D eigenvalue weighted by molar-refractivity contribution is -0.120. The van der Waals surface area contributed by atoms with Gasteiger partial charge in [0.1, 0.15) is 0 Å². The van der Waals surface area contributed by atoms with Crippen LogP contribution in [-0.4, -0.2) is 47.9 Å². The summed E-state index contributed by atoms with van der Waals surface area (Å²) in [5.74, 6) is 0.990. The maximum absolute atomic E-state index is 10.6. The van der Waals surface area contributed by atoms with Crippen LogP contribution < -0.4 is 0 Å². The van der Waals surface area contributed by atoms with Crippen molar-refractivity contribution in [1.29, 1.82) is 0 Å². The summed E-state index contributed by atoms with van der Waals surface area (Å²) in [4.78, 5) is 15.2. The van der Waals surface area contributed by atoms with Gasteiger partial charge >= 0.3 is 0 Å². The summed E-state index contributed by atoms with van der Waals surface area (Å²) in [6.07, 6.45) is 5.13. The predicted molar refractivity (Wildman–Crippen MR) is 49.3 cm³/mol. The Hall–Kier alpha value is -0.570. The summed E-state index contributed by atoms with van der Waals surface area (Å²) >= 11 is 0. The Morgan fingerprint density at radius 1 is 1.23 bits per heavy atom. The molecular weight excluding hydrogens is 164 g/mol. The van der Waals surface area contributed by atoms with E-state index in [2.05, 4.69) is 4.90 Å². The maximum Gasteiger partial charge on any atom is 0.210 e. The van der Waals surface area contributed by atoms with Crippen LogP contribution in [0, 0.1) is 5.92 Å². The molecule has 3 nitrogen and oxygen atoms in total. The highest BCUT2D eigenvalue weighted by molar-refractivity contribution is 5.49. The molecule has 3 fully saturated rings. The highest BCUT2D eigenvalue weighted by Crippen LogP contribution is 2.35. The lowest BCUT2D eigenvalue weighted by atomic mass is 10.2. The van der Waals surface area contributed by atoms with Crippen LogP contribution in [0.3, 0.4) is 0 Å². The van der Waals surface area contributed by atoms with Gasteiger partial charge in [0, 0.05) is 31.7 Å². The molecule has 2 aliphatic heterocycles. The Kier molecular flexibility index (Phi) is 1.62. The largest absolute Gasteiger partial charge is 0.339 e. The lowest BCUT2D eigenvalue weighted by Crippen LogP contribution is -2.46. The van der Waals surface area contributed by atoms with Crippen molar-refractivity contribution in [3.8, 4) is 0 Å². The van der Waals surface area contributed by atoms with E-state index in [0.717, 1.165) is 25.4 Å². The molecule has 0 spiro atoms. The maximum atomic E-state index is 10.6. The van der Waals surface area contributed by atoms with Crippen molar-refractivity contribution < 1.29 is 4.79 Å². The first kappa shape index (κ1) is 7.80. The van der Waals surface area contributed by atoms with Crippen LogP contribution in [-0.2, 0) is 4.79 Å². The van der Waals surface area contributed by atoms with E-state index >= 15 is 0 Å². The number of carbonyl (C=O) groups excluding carboxylic acids is 1. The quantitative estimate of drug-likeness (QED) is 0.584. The topological polar surface area (TPSA) is 23.6 Å². The zero-order valence-corrected chi connectivity index (χ0v) is 7.85. The normalized spacial score (nSPS) is 38.6. The molecule has 1 amide bonds. The standard InChI is InChI=1S/C10H16N2O/c13-7-12-6-9-3-10(12)5-11(9)4-8-1-2-8/h7-10H,1-6H2. The zero-order chi connectivity index (χ0) is 8.84. The number of nitrogens with zero attached hydrogens (tertiary/aromatic N) is 2. The van der Waals surface area contributed by atoms with Crippen molar-refractivity contribution in [2.45, 2.75) is 31.3 Å². The minimum absolute atomic E-state index is 0.543. The molecule has 1 saturated carbocycles. The summed E-state index contributed by atoms with van der Waals surface area (Å²) in [7, 11) is 0. The number of hydrogen-bond donors (Lipinski definition) is 0. The second kappa shape index (κ2) is 2.71. The number of hydrogen-bond acceptors (Lipinski definition) is 2. The monoisotopic (exact) mass is 180 g/mol. The fraction of sp³-hybridized carbons (Fsp3) is 0.900. The van der Waals surface area contributed by atoms with E-state index in [9.17, 15) is 4.79 Å². The first-order valence-corrected chi connectivity index (χ1v) is 5.32. The van der Waals surface area contributed by atoms with Crippen molar-refractivity contribution in [3.05, 3.63) is 0 Å². The molecule has 0 aromatic heterocycles. The molecule has 13 heavy (non-hydrogen) atoms. The molecule has 2 heterocycles. The highest BCUT2D eigenvalue weighted by atomic mass is 16.1. The van der Waals surface area contributed by atoms with Gasteiger partial charge in [-0.2, -0.15) is 0 Å². The van der Waals surface area contributed by atoms with Crippen LogP contribution in [0.15, 0.2) is 0 Å². The first-order valence-electron chi connectivity index (χ1n) is 5.32. The molecule has 2 saturated heterocycles. The van der Waals surface area contributed by atoms with Gasteiger partial charge < -0.3 is 4.90 Å². The van der Waals surface area contributed by atoms with E-state index in [1.54, 1.807) is 0 Å². The van der Waals surface area contributed by atoms with Gasteiger partial charge in [0.05, 0.1) is 0 Å². The zero-order valence-electron chi connectivity index (χ0n) is 7.85. The Morgan fingerprint density at radius 2 is 2.08 bits per heavy atom. The second-order valence-electron chi connectivity index (χ2n) is 4.74. The van der Waals surface area contributed by atoms with Crippen LogP contribution in [0.4, 0.5) is 0 Å². The van der Waals surface area contributed by atoms with Gasteiger partial charge in [-0.3, -0.25) is 9.69 Å². The number of amides is 1. The molecule has 0 radical (unpaired) electrons. The molecule has 0 aromatic rings. The van der Waals surface area contributed by atoms with E-state index < -0.39 is 0 Å². The average Bonchev–Trinajstić information content (AvgIpc) is 2.75. The summed E-state index contributed by atoms with van der Waals surface area (Å²) < 4.78 is 0. The van der Waals surface area contributed by atoms with Crippen LogP contribution >= 0.6 is 0 Å². The molecule has 3 rings (SSSR count). The first-order chi connectivity index (χ1) is 6.36. The fourth-order valence-electron chi connectivity index (χ4n) is 2.76. The molecule has 3 aliphatic rings. The molecule has 2 atom stereocenters. The van der Waals surface area contributed by atoms with Crippen molar-refractivity contribution in [1.82, 2.24) is 9.80 Å². The molecule has 2 bridgehead atoms. The van der Waals surface area contributed by atoms with Crippen molar-refractivity contribution in [3.63, 3.8) is 0 Å². The van der Waals surface area contributed by atoms with Crippen LogP contribution in [0.1, 0.15) is 19.3 Å². The summed E-state index contributed by atoms with van der Waals surface area (Å²) in [5, 5.41) is 0. The SMILES string of the molecule is O=CN1CC2CC1CN2CC1CC1. The minimum Gasteiger partial charge on any atom is -0.339 e. The third-order valence-corrected chi connectivity index (χ3v) is 3.72. The van der Waals surface area contributed by atoms with Crippen molar-refractivity contribution in [2.75, 3.05) is 19.6 Å². The Morgan fingerprint density at radius 3 is 2.62 bits per heavy atom. The van der Waals surface area contributed by atoms with E-state index in [0.29, 0.717) is 12.1 Å². The third kappa shape index (κ3) is 1.26. The van der Waals surface area contributed by atoms with Crippen LogP contribution in [0.25, 0.3) is 0 Å². The Bertz CT molecular complexity index is 227. The Balaban J connectivity index is 1.61. The van der Waals surface area contributed by atoms with Crippen molar-refractivity contribution >= 4 is 6.41 Å². The van der Waals surface area contributed by atoms with Gasteiger partial charge in [0.2, 0.25) is 6.41 Å². The summed E-state index contributed by atoms with van der Waals surface area (Å²) in [5.41, 5.74) is 0. The molecule has 3 heteroatoms. The number of piperazine rings is 1. The summed E-state index contributed by atoms with van der Waals surface area (Å²) in [6.45, 7) is 3.43. The Labute approximate surface area is 78.7 Å². The van der Waals surface area contributed by atoms with Gasteiger partial charge in [-0.25, -0.2) is 0 Å². The van der Waals surface area contributed by atoms with E-state index in [-0.39, 0.29) is 0 Å². The van der Waals surface area contributed by atoms with Gasteiger partial charge in [-0.05, 0) is 25.2 Å². The predicted octanol–water partition coefficient (Wildman–Crippen LogP) is 0.311. The van der Waals surface area contributed by atoms with E-state index in [1.807, 2.05) is 4.90 Å². The van der Waals surface area contributed by atoms with E-state index in [4.69, 9.17) is 0 Å². The third-order valence-electron chi connectivity index (χ3n) is 3.72. The molecule has 1 aliphatic carbocycles. The van der Waals surface area contributed by atoms with Gasteiger partial charge in [0.15, 0.2) is 0 Å².